The highest BCUT2D eigenvalue weighted by molar-refractivity contribution is 7.47. The van der Waals surface area contributed by atoms with Gasteiger partial charge in [0.1, 0.15) is 19.3 Å². The topological polar surface area (TPSA) is 111 Å². The molecular formula is C71H142N2O7P+. The number of hydrogen-bond acceptors (Lipinski definition) is 6. The molecule has 0 aliphatic carbocycles. The van der Waals surface area contributed by atoms with Crippen molar-refractivity contribution in [3.63, 3.8) is 0 Å². The Labute approximate surface area is 505 Å². The van der Waals surface area contributed by atoms with Gasteiger partial charge in [-0.15, -0.1) is 0 Å². The largest absolute Gasteiger partial charge is 0.472 e. The van der Waals surface area contributed by atoms with Crippen molar-refractivity contribution in [1.82, 2.24) is 5.32 Å². The number of unbranched alkanes of at least 4 members (excludes halogenated alkanes) is 51. The third-order valence-corrected chi connectivity index (χ3v) is 17.7. The molecule has 0 aliphatic heterocycles. The maximum absolute atomic E-state index is 13.6. The number of carbonyl (C=O) groups excluding carboxylic acids is 2. The molecule has 1 amide bonds. The predicted octanol–water partition coefficient (Wildman–Crippen LogP) is 22.7. The summed E-state index contributed by atoms with van der Waals surface area (Å²) in [5.74, 6) is -0.476. The van der Waals surface area contributed by atoms with Crippen molar-refractivity contribution in [2.24, 2.45) is 0 Å². The van der Waals surface area contributed by atoms with Gasteiger partial charge in [-0.05, 0) is 31.8 Å². The molecule has 0 heterocycles. The van der Waals surface area contributed by atoms with E-state index in [1.165, 1.54) is 289 Å². The molecule has 0 spiro atoms. The fraction of sp³-hybridized carbons (Fsp3) is 0.944. The molecule has 0 aromatic rings. The maximum atomic E-state index is 13.6. The number of esters is 1. The van der Waals surface area contributed by atoms with Crippen LogP contribution in [0.4, 0.5) is 0 Å². The van der Waals surface area contributed by atoms with Crippen LogP contribution in [0.2, 0.25) is 0 Å². The lowest BCUT2D eigenvalue weighted by Gasteiger charge is -2.27. The van der Waals surface area contributed by atoms with Crippen LogP contribution in [0.15, 0.2) is 12.2 Å². The van der Waals surface area contributed by atoms with Crippen LogP contribution >= 0.6 is 7.82 Å². The molecule has 9 nitrogen and oxygen atoms in total. The Balaban J connectivity index is 5.02. The average molecular weight is 1170 g/mol. The third-order valence-electron chi connectivity index (χ3n) is 16.7. The Morgan fingerprint density at radius 1 is 0.420 bits per heavy atom. The first kappa shape index (κ1) is 79.8. The molecule has 0 rings (SSSR count). The quantitative estimate of drug-likeness (QED) is 0.0205. The van der Waals surface area contributed by atoms with Gasteiger partial charge >= 0.3 is 13.8 Å². The van der Waals surface area contributed by atoms with Gasteiger partial charge in [-0.2, -0.15) is 0 Å². The van der Waals surface area contributed by atoms with E-state index in [9.17, 15) is 19.0 Å². The van der Waals surface area contributed by atoms with Gasteiger partial charge in [0.05, 0.1) is 33.8 Å². The van der Waals surface area contributed by atoms with Crippen LogP contribution in [0.5, 0.6) is 0 Å². The van der Waals surface area contributed by atoms with Crippen molar-refractivity contribution >= 4 is 19.7 Å². The van der Waals surface area contributed by atoms with E-state index >= 15 is 0 Å². The molecule has 482 valence electrons. The van der Waals surface area contributed by atoms with Crippen molar-refractivity contribution in [1.29, 1.82) is 0 Å². The monoisotopic (exact) mass is 1170 g/mol. The highest BCUT2D eigenvalue weighted by atomic mass is 31.2. The van der Waals surface area contributed by atoms with Crippen LogP contribution < -0.4 is 5.32 Å². The lowest BCUT2D eigenvalue weighted by Crippen LogP contribution is -2.47. The molecule has 81 heavy (non-hydrogen) atoms. The number of likely N-dealkylation sites (N-methyl/N-ethyl adjacent to an activating group) is 1. The normalized spacial score (nSPS) is 13.5. The zero-order chi connectivity index (χ0) is 59.3. The number of nitrogens with zero attached hydrogens (tertiary/aromatic N) is 1. The molecule has 3 unspecified atom stereocenters. The lowest BCUT2D eigenvalue weighted by atomic mass is 10.0. The second-order valence-corrected chi connectivity index (χ2v) is 27.6. The van der Waals surface area contributed by atoms with Crippen LogP contribution in [-0.4, -0.2) is 74.3 Å². The summed E-state index contributed by atoms with van der Waals surface area (Å²) in [5, 5.41) is 3.08. The first-order valence-electron chi connectivity index (χ1n) is 36.0. The van der Waals surface area contributed by atoms with Gasteiger partial charge in [0, 0.05) is 12.8 Å². The number of ether oxygens (including phenoxy) is 1. The Morgan fingerprint density at radius 3 is 1.01 bits per heavy atom. The summed E-state index contributed by atoms with van der Waals surface area (Å²) in [6.07, 6.45) is 73.7. The molecule has 3 atom stereocenters. The fourth-order valence-corrected chi connectivity index (χ4v) is 11.9. The van der Waals surface area contributed by atoms with Gasteiger partial charge in [-0.3, -0.25) is 18.6 Å². The van der Waals surface area contributed by atoms with Crippen molar-refractivity contribution in [2.45, 2.75) is 392 Å². The summed E-state index contributed by atoms with van der Waals surface area (Å²) in [6.45, 7) is 7.10. The highest BCUT2D eigenvalue weighted by Crippen LogP contribution is 2.43. The van der Waals surface area contributed by atoms with Crippen molar-refractivity contribution in [3.8, 4) is 0 Å². The van der Waals surface area contributed by atoms with Crippen molar-refractivity contribution in [2.75, 3.05) is 40.9 Å². The fourth-order valence-electron chi connectivity index (χ4n) is 11.2. The van der Waals surface area contributed by atoms with E-state index in [-0.39, 0.29) is 25.1 Å². The molecule has 0 aromatic heterocycles. The molecule has 10 heteroatoms. The number of allylic oxidation sites excluding steroid dienone is 1. The van der Waals surface area contributed by atoms with Crippen molar-refractivity contribution < 1.29 is 37.3 Å². The van der Waals surface area contributed by atoms with Crippen LogP contribution in [0.1, 0.15) is 380 Å². The minimum absolute atomic E-state index is 0.0461. The van der Waals surface area contributed by atoms with Crippen LogP contribution in [-0.2, 0) is 27.9 Å². The smallest absolute Gasteiger partial charge is 0.456 e. The molecule has 0 saturated heterocycles. The third kappa shape index (κ3) is 63.1. The van der Waals surface area contributed by atoms with Crippen LogP contribution in [0, 0.1) is 0 Å². The van der Waals surface area contributed by atoms with E-state index in [2.05, 4.69) is 32.2 Å². The number of carbonyl (C=O) groups is 2. The molecule has 0 saturated carbocycles. The number of hydrogen-bond donors (Lipinski definition) is 2. The molecular weight excluding hydrogens is 1020 g/mol. The van der Waals surface area contributed by atoms with E-state index in [0.717, 1.165) is 57.8 Å². The second kappa shape index (κ2) is 61.8. The van der Waals surface area contributed by atoms with E-state index in [1.54, 1.807) is 0 Å². The van der Waals surface area contributed by atoms with Gasteiger partial charge in [0.15, 0.2) is 0 Å². The number of rotatable bonds is 67. The Morgan fingerprint density at radius 2 is 0.704 bits per heavy atom. The zero-order valence-electron chi connectivity index (χ0n) is 55.3. The zero-order valence-corrected chi connectivity index (χ0v) is 56.2. The number of nitrogens with one attached hydrogen (secondary N) is 1. The first-order chi connectivity index (χ1) is 39.4. The Hall–Kier alpha value is -1.25. The minimum atomic E-state index is -4.45. The second-order valence-electron chi connectivity index (χ2n) is 26.1. The Kier molecular flexibility index (Phi) is 60.9. The number of phosphoric ester groups is 1. The minimum Gasteiger partial charge on any atom is -0.456 e. The van der Waals surface area contributed by atoms with Gasteiger partial charge < -0.3 is 19.4 Å². The SMILES string of the molecule is CCCCCCCCCCCCC/C=C\C(OC(=O)CCCCCCCCCCCCCCCCCCCCCCCCCCC)C(COP(=O)(O)OCC[N+](C)(C)C)NC(=O)CCCCCCCCCCCCCCCCCCC. The molecule has 0 aromatic carbocycles. The van der Waals surface area contributed by atoms with Crippen LogP contribution in [0.3, 0.4) is 0 Å². The first-order valence-corrected chi connectivity index (χ1v) is 37.5. The maximum Gasteiger partial charge on any atom is 0.472 e. The summed E-state index contributed by atoms with van der Waals surface area (Å²) < 4.78 is 30.9. The number of quaternary nitrogens is 1. The van der Waals surface area contributed by atoms with Gasteiger partial charge in [0.2, 0.25) is 5.91 Å². The molecule has 0 fully saturated rings. The highest BCUT2D eigenvalue weighted by Gasteiger charge is 2.30. The Bertz CT molecular complexity index is 1390. The number of amides is 1. The van der Waals surface area contributed by atoms with Crippen molar-refractivity contribution in [3.05, 3.63) is 12.2 Å². The van der Waals surface area contributed by atoms with E-state index in [4.69, 9.17) is 13.8 Å². The average Bonchev–Trinajstić information content (AvgIpc) is 3.44. The summed E-state index contributed by atoms with van der Waals surface area (Å²) >= 11 is 0. The summed E-state index contributed by atoms with van der Waals surface area (Å²) in [4.78, 5) is 37.9. The van der Waals surface area contributed by atoms with Crippen LogP contribution in [0.25, 0.3) is 0 Å². The molecule has 0 radical (unpaired) electrons. The lowest BCUT2D eigenvalue weighted by molar-refractivity contribution is -0.870. The van der Waals surface area contributed by atoms with Gasteiger partial charge in [0.25, 0.3) is 0 Å². The molecule has 0 bridgehead atoms. The van der Waals surface area contributed by atoms with E-state index in [1.807, 2.05) is 27.2 Å². The number of phosphoric acid groups is 1. The molecule has 0 aliphatic rings. The van der Waals surface area contributed by atoms with E-state index < -0.39 is 20.0 Å². The molecule has 2 N–H and O–H groups in total. The van der Waals surface area contributed by atoms with E-state index in [0.29, 0.717) is 23.9 Å². The van der Waals surface area contributed by atoms with Gasteiger partial charge in [-0.1, -0.05) is 348 Å². The summed E-state index contributed by atoms with van der Waals surface area (Å²) in [6, 6.07) is -0.840. The standard InChI is InChI=1S/C71H141N2O7P/c1-7-10-13-16-19-22-25-28-30-32-33-34-35-36-37-38-39-41-43-46-49-52-55-58-61-64-71(75)80-69(62-59-56-53-50-47-44-27-24-21-18-15-12-9-3)68(67-79-81(76,77)78-66-65-73(4,5)6)72-70(74)63-60-57-54-51-48-45-42-40-31-29-26-23-20-17-14-11-8-2/h59,62,68-69H,7-58,60-61,63-67H2,1-6H3,(H-,72,74,76,77)/p+1/b62-59-. The van der Waals surface area contributed by atoms with Gasteiger partial charge in [-0.25, -0.2) is 4.57 Å². The summed E-state index contributed by atoms with van der Waals surface area (Å²) in [5.41, 5.74) is 0. The predicted molar refractivity (Wildman–Crippen MR) is 351 cm³/mol. The summed E-state index contributed by atoms with van der Waals surface area (Å²) in [7, 11) is 1.52.